The smallest absolute Gasteiger partial charge is 0.255 e. The van der Waals surface area contributed by atoms with Gasteiger partial charge in [-0.15, -0.1) is 0 Å². The minimum Gasteiger partial charge on any atom is -0.495 e. The highest BCUT2D eigenvalue weighted by molar-refractivity contribution is 7.90. The summed E-state index contributed by atoms with van der Waals surface area (Å²) in [7, 11) is -1.92. The van der Waals surface area contributed by atoms with E-state index in [0.717, 1.165) is 6.42 Å². The number of anilines is 2. The quantitative estimate of drug-likeness (QED) is 0.570. The van der Waals surface area contributed by atoms with Gasteiger partial charge in [-0.2, -0.15) is 0 Å². The van der Waals surface area contributed by atoms with E-state index in [1.807, 2.05) is 0 Å². The molecule has 1 aliphatic rings. The number of hydrogen-bond acceptors (Lipinski definition) is 5. The van der Waals surface area contributed by atoms with Gasteiger partial charge in [-0.3, -0.25) is 9.59 Å². The van der Waals surface area contributed by atoms with Crippen LogP contribution in [0.1, 0.15) is 28.8 Å². The Labute approximate surface area is 192 Å². The van der Waals surface area contributed by atoms with Gasteiger partial charge in [0, 0.05) is 24.2 Å². The molecule has 1 heterocycles. The van der Waals surface area contributed by atoms with Crippen LogP contribution in [0.5, 0.6) is 5.75 Å². The molecule has 0 spiro atoms. The zero-order valence-electron chi connectivity index (χ0n) is 18.2. The lowest BCUT2D eigenvalue weighted by molar-refractivity contribution is -0.117. The monoisotopic (exact) mass is 464 g/mol. The Balaban J connectivity index is 1.47. The van der Waals surface area contributed by atoms with E-state index >= 15 is 0 Å². The molecule has 1 saturated heterocycles. The summed E-state index contributed by atoms with van der Waals surface area (Å²) in [6.45, 7) is 0.611. The van der Waals surface area contributed by atoms with Gasteiger partial charge in [-0.25, -0.2) is 8.42 Å². The minimum absolute atomic E-state index is 0.0258. The molecule has 0 radical (unpaired) electrons. The molecule has 170 valence electrons. The van der Waals surface area contributed by atoms with E-state index < -0.39 is 9.84 Å². The summed E-state index contributed by atoms with van der Waals surface area (Å²) in [6.07, 6.45) is 1.27. The highest BCUT2D eigenvalue weighted by Crippen LogP contribution is 2.34. The van der Waals surface area contributed by atoms with Crippen molar-refractivity contribution in [1.29, 1.82) is 0 Å². The highest BCUT2D eigenvalue weighted by Gasteiger charge is 2.25. The Bertz CT molecular complexity index is 1270. The average Bonchev–Trinajstić information content (AvgIpc) is 3.25. The molecule has 1 fully saturated rings. The molecule has 1 aliphatic heterocycles. The van der Waals surface area contributed by atoms with Gasteiger partial charge in [-0.05, 0) is 54.4 Å². The molecule has 0 aromatic heterocycles. The van der Waals surface area contributed by atoms with Crippen molar-refractivity contribution in [2.45, 2.75) is 23.5 Å². The van der Waals surface area contributed by atoms with E-state index in [9.17, 15) is 18.0 Å². The predicted octanol–water partition coefficient (Wildman–Crippen LogP) is 4.05. The van der Waals surface area contributed by atoms with Crippen LogP contribution < -0.4 is 15.0 Å². The van der Waals surface area contributed by atoms with Gasteiger partial charge in [-0.1, -0.05) is 30.3 Å². The van der Waals surface area contributed by atoms with Crippen molar-refractivity contribution in [1.82, 2.24) is 0 Å². The molecule has 4 rings (SSSR count). The summed E-state index contributed by atoms with van der Waals surface area (Å²) < 4.78 is 30.5. The predicted molar refractivity (Wildman–Crippen MR) is 126 cm³/mol. The molecular weight excluding hydrogens is 440 g/mol. The summed E-state index contributed by atoms with van der Waals surface area (Å²) >= 11 is 0. The van der Waals surface area contributed by atoms with Crippen LogP contribution in [0, 0.1) is 0 Å². The van der Waals surface area contributed by atoms with Crippen LogP contribution in [-0.4, -0.2) is 33.9 Å². The van der Waals surface area contributed by atoms with E-state index in [4.69, 9.17) is 4.74 Å². The van der Waals surface area contributed by atoms with E-state index in [-0.39, 0.29) is 22.5 Å². The summed E-state index contributed by atoms with van der Waals surface area (Å²) in [5, 5.41) is 2.83. The van der Waals surface area contributed by atoms with Gasteiger partial charge in [0.05, 0.1) is 23.4 Å². The first-order valence-corrected chi connectivity index (χ1v) is 12.2. The molecule has 0 saturated carbocycles. The standard InChI is InChI=1S/C25H24N2O5S/c1-32-23-14-13-20(16-22(23)27-15-5-8-24(27)28)26-25(29)19-11-9-18(10-12-19)17-33(30,31)21-6-3-2-4-7-21/h2-4,6-7,9-14,16H,5,8,15,17H2,1H3,(H,26,29). The van der Waals surface area contributed by atoms with Crippen LogP contribution in [0.3, 0.4) is 0 Å². The van der Waals surface area contributed by atoms with Crippen molar-refractivity contribution in [2.75, 3.05) is 23.9 Å². The molecule has 3 aromatic carbocycles. The van der Waals surface area contributed by atoms with Crippen LogP contribution in [0.2, 0.25) is 0 Å². The summed E-state index contributed by atoms with van der Waals surface area (Å²) in [4.78, 5) is 26.8. The number of ether oxygens (including phenoxy) is 1. The number of nitrogens with one attached hydrogen (secondary N) is 1. The summed E-state index contributed by atoms with van der Waals surface area (Å²) in [5.41, 5.74) is 2.14. The van der Waals surface area contributed by atoms with E-state index in [1.54, 1.807) is 77.7 Å². The largest absolute Gasteiger partial charge is 0.495 e. The number of nitrogens with zero attached hydrogens (tertiary/aromatic N) is 1. The van der Waals surface area contributed by atoms with Crippen LogP contribution in [0.15, 0.2) is 77.7 Å². The Kier molecular flexibility index (Phi) is 6.46. The lowest BCUT2D eigenvalue weighted by Gasteiger charge is -2.20. The number of hydrogen-bond donors (Lipinski definition) is 1. The summed E-state index contributed by atoms with van der Waals surface area (Å²) in [6, 6.07) is 19.9. The molecule has 3 aromatic rings. The maximum atomic E-state index is 12.7. The Morgan fingerprint density at radius 2 is 1.76 bits per heavy atom. The zero-order valence-corrected chi connectivity index (χ0v) is 19.0. The molecular formula is C25H24N2O5S. The molecule has 0 unspecified atom stereocenters. The number of amides is 2. The SMILES string of the molecule is COc1ccc(NC(=O)c2ccc(CS(=O)(=O)c3ccccc3)cc2)cc1N1CCCC1=O. The molecule has 1 N–H and O–H groups in total. The number of benzene rings is 3. The number of carbonyl (C=O) groups is 2. The zero-order chi connectivity index (χ0) is 23.4. The molecule has 0 atom stereocenters. The van der Waals surface area contributed by atoms with Crippen molar-refractivity contribution >= 4 is 33.0 Å². The molecule has 7 nitrogen and oxygen atoms in total. The molecule has 2 amide bonds. The lowest BCUT2D eigenvalue weighted by atomic mass is 10.1. The van der Waals surface area contributed by atoms with Crippen molar-refractivity contribution in [3.63, 3.8) is 0 Å². The third-order valence-corrected chi connectivity index (χ3v) is 7.18. The van der Waals surface area contributed by atoms with Gasteiger partial charge < -0.3 is 15.0 Å². The topological polar surface area (TPSA) is 92.8 Å². The second-order valence-corrected chi connectivity index (χ2v) is 9.75. The van der Waals surface area contributed by atoms with Crippen LogP contribution >= 0.6 is 0 Å². The molecule has 33 heavy (non-hydrogen) atoms. The second-order valence-electron chi connectivity index (χ2n) is 7.76. The number of sulfone groups is 1. The van der Waals surface area contributed by atoms with Gasteiger partial charge >= 0.3 is 0 Å². The van der Waals surface area contributed by atoms with Gasteiger partial charge in [0.1, 0.15) is 5.75 Å². The van der Waals surface area contributed by atoms with Gasteiger partial charge in [0.2, 0.25) is 5.91 Å². The second kappa shape index (κ2) is 9.46. The average molecular weight is 465 g/mol. The van der Waals surface area contributed by atoms with Crippen LogP contribution in [0.25, 0.3) is 0 Å². The third-order valence-electron chi connectivity index (χ3n) is 5.48. The fraction of sp³-hybridized carbons (Fsp3) is 0.200. The maximum Gasteiger partial charge on any atom is 0.255 e. The van der Waals surface area contributed by atoms with E-state index in [2.05, 4.69) is 5.32 Å². The van der Waals surface area contributed by atoms with Crippen molar-refractivity contribution in [3.05, 3.63) is 83.9 Å². The highest BCUT2D eigenvalue weighted by atomic mass is 32.2. The fourth-order valence-electron chi connectivity index (χ4n) is 3.77. The van der Waals surface area contributed by atoms with E-state index in [1.165, 1.54) is 7.11 Å². The lowest BCUT2D eigenvalue weighted by Crippen LogP contribution is -2.24. The van der Waals surface area contributed by atoms with Crippen molar-refractivity contribution < 1.29 is 22.7 Å². The Morgan fingerprint density at radius 1 is 1.03 bits per heavy atom. The maximum absolute atomic E-state index is 12.7. The van der Waals surface area contributed by atoms with E-state index in [0.29, 0.717) is 41.2 Å². The third kappa shape index (κ3) is 5.06. The Hall–Kier alpha value is -3.65. The Morgan fingerprint density at radius 3 is 2.39 bits per heavy atom. The molecule has 0 aliphatic carbocycles. The summed E-state index contributed by atoms with van der Waals surface area (Å²) in [5.74, 6) is 0.103. The first kappa shape index (κ1) is 22.5. The first-order chi connectivity index (χ1) is 15.9. The van der Waals surface area contributed by atoms with Gasteiger partial charge in [0.25, 0.3) is 5.91 Å². The minimum atomic E-state index is -3.46. The normalized spacial score (nSPS) is 13.7. The van der Waals surface area contributed by atoms with Crippen molar-refractivity contribution in [2.24, 2.45) is 0 Å². The van der Waals surface area contributed by atoms with Crippen LogP contribution in [-0.2, 0) is 20.4 Å². The van der Waals surface area contributed by atoms with Gasteiger partial charge in [0.15, 0.2) is 9.84 Å². The van der Waals surface area contributed by atoms with Crippen LogP contribution in [0.4, 0.5) is 11.4 Å². The first-order valence-electron chi connectivity index (χ1n) is 10.5. The number of methoxy groups -OCH3 is 1. The number of carbonyl (C=O) groups excluding carboxylic acids is 2. The number of rotatable bonds is 7. The molecule has 0 bridgehead atoms. The molecule has 8 heteroatoms. The van der Waals surface area contributed by atoms with Crippen molar-refractivity contribution in [3.8, 4) is 5.75 Å². The fourth-order valence-corrected chi connectivity index (χ4v) is 5.14.